The summed E-state index contributed by atoms with van der Waals surface area (Å²) in [5.74, 6) is 0.0260. The molecule has 0 radical (unpaired) electrons. The molecule has 104 valence electrons. The van der Waals surface area contributed by atoms with Gasteiger partial charge in [-0.2, -0.15) is 0 Å². The van der Waals surface area contributed by atoms with Crippen LogP contribution in [0.1, 0.15) is 31.9 Å². The number of fused-ring (bicyclic) bond motifs is 1. The molecule has 1 amide bonds. The first-order valence-electron chi connectivity index (χ1n) is 6.61. The zero-order valence-electron chi connectivity index (χ0n) is 11.7. The fourth-order valence-corrected chi connectivity index (χ4v) is 2.61. The molecule has 4 heteroatoms. The summed E-state index contributed by atoms with van der Waals surface area (Å²) in [6.45, 7) is 7.27. The molecule has 2 rings (SSSR count). The van der Waals surface area contributed by atoms with Crippen molar-refractivity contribution in [1.29, 1.82) is 0 Å². The number of carbonyl (C=O) groups is 1. The molecular weight excluding hydrogens is 260 g/mol. The summed E-state index contributed by atoms with van der Waals surface area (Å²) < 4.78 is 0. The number of benzene rings is 1. The van der Waals surface area contributed by atoms with E-state index in [9.17, 15) is 4.79 Å². The molecule has 2 N–H and O–H groups in total. The van der Waals surface area contributed by atoms with Crippen molar-refractivity contribution in [3.63, 3.8) is 0 Å². The van der Waals surface area contributed by atoms with Gasteiger partial charge in [0.25, 0.3) is 0 Å². The minimum atomic E-state index is -0.465. The molecule has 19 heavy (non-hydrogen) atoms. The van der Waals surface area contributed by atoms with Crippen LogP contribution in [0.2, 0.25) is 5.02 Å². The Hall–Kier alpha value is -1.06. The molecule has 1 aliphatic heterocycles. The maximum absolute atomic E-state index is 12.4. The van der Waals surface area contributed by atoms with Crippen LogP contribution < -0.4 is 5.73 Å². The lowest BCUT2D eigenvalue weighted by molar-refractivity contribution is -0.135. The van der Waals surface area contributed by atoms with E-state index in [0.717, 1.165) is 22.6 Å². The third kappa shape index (κ3) is 2.93. The van der Waals surface area contributed by atoms with E-state index in [4.69, 9.17) is 17.3 Å². The fourth-order valence-electron chi connectivity index (χ4n) is 2.32. The molecule has 0 aliphatic carbocycles. The summed E-state index contributed by atoms with van der Waals surface area (Å²) >= 11 is 6.18. The van der Waals surface area contributed by atoms with E-state index in [2.05, 4.69) is 0 Å². The number of nitrogens with zero attached hydrogens (tertiary/aromatic N) is 1. The van der Waals surface area contributed by atoms with E-state index in [1.165, 1.54) is 0 Å². The van der Waals surface area contributed by atoms with Crippen LogP contribution in [0.3, 0.4) is 0 Å². The molecule has 1 aromatic carbocycles. The number of rotatable bonds is 1. The van der Waals surface area contributed by atoms with Crippen molar-refractivity contribution >= 4 is 17.5 Å². The van der Waals surface area contributed by atoms with E-state index in [1.807, 2.05) is 43.9 Å². The third-order valence-corrected chi connectivity index (χ3v) is 4.07. The molecule has 1 aliphatic rings. The number of nitrogens with two attached hydrogens (primary N) is 1. The Morgan fingerprint density at radius 3 is 2.74 bits per heavy atom. The number of hydrogen-bond acceptors (Lipinski definition) is 2. The molecule has 0 unspecified atom stereocenters. The second kappa shape index (κ2) is 5.14. The van der Waals surface area contributed by atoms with Crippen LogP contribution in [-0.4, -0.2) is 23.4 Å². The quantitative estimate of drug-likeness (QED) is 0.859. The van der Waals surface area contributed by atoms with Gasteiger partial charge >= 0.3 is 0 Å². The second-order valence-corrected chi connectivity index (χ2v) is 6.64. The van der Waals surface area contributed by atoms with Gasteiger partial charge in [-0.25, -0.2) is 0 Å². The van der Waals surface area contributed by atoms with Crippen molar-refractivity contribution in [1.82, 2.24) is 4.90 Å². The van der Waals surface area contributed by atoms with Crippen molar-refractivity contribution in [2.24, 2.45) is 11.1 Å². The van der Waals surface area contributed by atoms with Crippen molar-refractivity contribution in [3.05, 3.63) is 34.3 Å². The molecule has 0 spiro atoms. The predicted octanol–water partition coefficient (Wildman–Crippen LogP) is 2.60. The average molecular weight is 281 g/mol. The number of amides is 1. The molecule has 0 bridgehead atoms. The van der Waals surface area contributed by atoms with Gasteiger partial charge in [-0.1, -0.05) is 44.5 Å². The van der Waals surface area contributed by atoms with Gasteiger partial charge in [0.15, 0.2) is 0 Å². The highest BCUT2D eigenvalue weighted by molar-refractivity contribution is 6.31. The smallest absolute Gasteiger partial charge is 0.240 e. The minimum Gasteiger partial charge on any atom is -0.337 e. The van der Waals surface area contributed by atoms with Gasteiger partial charge < -0.3 is 10.6 Å². The number of halogens is 1. The van der Waals surface area contributed by atoms with Gasteiger partial charge in [0.2, 0.25) is 5.91 Å². The van der Waals surface area contributed by atoms with Crippen LogP contribution in [0, 0.1) is 5.41 Å². The predicted molar refractivity (Wildman–Crippen MR) is 78.0 cm³/mol. The Bertz CT molecular complexity index is 493. The van der Waals surface area contributed by atoms with Crippen LogP contribution in [-0.2, 0) is 17.8 Å². The highest BCUT2D eigenvalue weighted by Gasteiger charge is 2.32. The lowest BCUT2D eigenvalue weighted by Crippen LogP contribution is -2.51. The van der Waals surface area contributed by atoms with Crippen LogP contribution in [0.4, 0.5) is 0 Å². The Morgan fingerprint density at radius 1 is 1.42 bits per heavy atom. The molecule has 1 aromatic rings. The molecule has 0 aromatic heterocycles. The Morgan fingerprint density at radius 2 is 2.11 bits per heavy atom. The van der Waals surface area contributed by atoms with Gasteiger partial charge in [-0.15, -0.1) is 0 Å². The van der Waals surface area contributed by atoms with Crippen LogP contribution in [0.25, 0.3) is 0 Å². The highest BCUT2D eigenvalue weighted by atomic mass is 35.5. The van der Waals surface area contributed by atoms with Gasteiger partial charge in [0.05, 0.1) is 6.04 Å². The SMILES string of the molecule is CC(C)(C)[C@H](N)C(=O)N1CCc2c(Cl)cccc2C1. The molecular formula is C15H21ClN2O. The van der Waals surface area contributed by atoms with Gasteiger partial charge in [0.1, 0.15) is 0 Å². The Labute approximate surface area is 119 Å². The fraction of sp³-hybridized carbons (Fsp3) is 0.533. The van der Waals surface area contributed by atoms with E-state index in [0.29, 0.717) is 13.1 Å². The maximum atomic E-state index is 12.4. The summed E-state index contributed by atoms with van der Waals surface area (Å²) in [7, 11) is 0. The lowest BCUT2D eigenvalue weighted by Gasteiger charge is -2.35. The van der Waals surface area contributed by atoms with Gasteiger partial charge in [0, 0.05) is 18.1 Å². The van der Waals surface area contributed by atoms with Gasteiger partial charge in [-0.05, 0) is 29.0 Å². The first kappa shape index (κ1) is 14.4. The zero-order chi connectivity index (χ0) is 14.2. The molecule has 0 fully saturated rings. The van der Waals surface area contributed by atoms with E-state index in [1.54, 1.807) is 0 Å². The molecule has 0 saturated carbocycles. The van der Waals surface area contributed by atoms with E-state index < -0.39 is 6.04 Å². The summed E-state index contributed by atoms with van der Waals surface area (Å²) in [4.78, 5) is 14.2. The second-order valence-electron chi connectivity index (χ2n) is 6.23. The lowest BCUT2D eigenvalue weighted by atomic mass is 9.86. The average Bonchev–Trinajstić information content (AvgIpc) is 2.36. The standard InChI is InChI=1S/C15H21ClN2O/c1-15(2,3)13(17)14(19)18-8-7-11-10(9-18)5-4-6-12(11)16/h4-6,13H,7-9,17H2,1-3H3/t13-/m1/s1. The van der Waals surface area contributed by atoms with Crippen LogP contribution >= 0.6 is 11.6 Å². The number of hydrogen-bond donors (Lipinski definition) is 1. The normalized spacial score (nSPS) is 17.0. The summed E-state index contributed by atoms with van der Waals surface area (Å²) in [6.07, 6.45) is 0.803. The third-order valence-electron chi connectivity index (χ3n) is 3.72. The summed E-state index contributed by atoms with van der Waals surface area (Å²) in [6, 6.07) is 5.40. The Balaban J connectivity index is 2.17. The maximum Gasteiger partial charge on any atom is 0.240 e. The monoisotopic (exact) mass is 280 g/mol. The van der Waals surface area contributed by atoms with Gasteiger partial charge in [-0.3, -0.25) is 4.79 Å². The number of carbonyl (C=O) groups excluding carboxylic acids is 1. The van der Waals surface area contributed by atoms with Crippen molar-refractivity contribution < 1.29 is 4.79 Å². The van der Waals surface area contributed by atoms with Crippen LogP contribution in [0.5, 0.6) is 0 Å². The summed E-state index contributed by atoms with van der Waals surface area (Å²) in [5.41, 5.74) is 8.14. The van der Waals surface area contributed by atoms with E-state index in [-0.39, 0.29) is 11.3 Å². The topological polar surface area (TPSA) is 46.3 Å². The Kier molecular flexibility index (Phi) is 3.88. The minimum absolute atomic E-state index is 0.0260. The molecule has 1 heterocycles. The zero-order valence-corrected chi connectivity index (χ0v) is 12.5. The molecule has 3 nitrogen and oxygen atoms in total. The molecule has 1 atom stereocenters. The van der Waals surface area contributed by atoms with E-state index >= 15 is 0 Å². The first-order valence-corrected chi connectivity index (χ1v) is 6.99. The van der Waals surface area contributed by atoms with Crippen LogP contribution in [0.15, 0.2) is 18.2 Å². The highest BCUT2D eigenvalue weighted by Crippen LogP contribution is 2.27. The largest absolute Gasteiger partial charge is 0.337 e. The molecule has 0 saturated heterocycles. The van der Waals surface area contributed by atoms with Crippen molar-refractivity contribution in [3.8, 4) is 0 Å². The first-order chi connectivity index (χ1) is 8.80. The van der Waals surface area contributed by atoms with Crippen molar-refractivity contribution in [2.75, 3.05) is 6.54 Å². The van der Waals surface area contributed by atoms with Crippen molar-refractivity contribution in [2.45, 2.75) is 39.8 Å². The summed E-state index contributed by atoms with van der Waals surface area (Å²) in [5, 5.41) is 0.796.